The lowest BCUT2D eigenvalue weighted by molar-refractivity contribution is 0.677. The number of aryl methyl sites for hydroxylation is 1. The first kappa shape index (κ1) is 13.0. The third-order valence-electron chi connectivity index (χ3n) is 3.23. The molecule has 0 saturated heterocycles. The highest BCUT2D eigenvalue weighted by atomic mass is 35.5. The molecule has 1 aliphatic carbocycles. The van der Waals surface area contributed by atoms with Crippen molar-refractivity contribution in [2.75, 3.05) is 6.54 Å². The summed E-state index contributed by atoms with van der Waals surface area (Å²) in [6.45, 7) is 3.05. The smallest absolute Gasteiger partial charge is 0.148 e. The van der Waals surface area contributed by atoms with Crippen molar-refractivity contribution >= 4 is 22.9 Å². The molecule has 5 heteroatoms. The zero-order valence-electron chi connectivity index (χ0n) is 10.8. The molecule has 19 heavy (non-hydrogen) atoms. The maximum absolute atomic E-state index is 5.97. The van der Waals surface area contributed by atoms with Gasteiger partial charge in [-0.25, -0.2) is 0 Å². The van der Waals surface area contributed by atoms with E-state index in [2.05, 4.69) is 22.4 Å². The topological polar surface area (TPSA) is 37.8 Å². The van der Waals surface area contributed by atoms with Gasteiger partial charge in [-0.3, -0.25) is 0 Å². The fourth-order valence-electron chi connectivity index (χ4n) is 2.00. The number of benzene rings is 1. The minimum absolute atomic E-state index is 0.755. The maximum Gasteiger partial charge on any atom is 0.148 e. The molecule has 1 fully saturated rings. The second-order valence-electron chi connectivity index (χ2n) is 4.94. The van der Waals surface area contributed by atoms with Crippen LogP contribution >= 0.6 is 22.9 Å². The van der Waals surface area contributed by atoms with Gasteiger partial charge in [-0.15, -0.1) is 10.2 Å². The van der Waals surface area contributed by atoms with Gasteiger partial charge >= 0.3 is 0 Å². The van der Waals surface area contributed by atoms with E-state index in [1.165, 1.54) is 12.8 Å². The van der Waals surface area contributed by atoms with Crippen molar-refractivity contribution < 1.29 is 0 Å². The zero-order valence-corrected chi connectivity index (χ0v) is 12.4. The van der Waals surface area contributed by atoms with Gasteiger partial charge in [-0.2, -0.15) is 0 Å². The van der Waals surface area contributed by atoms with Crippen LogP contribution < -0.4 is 5.32 Å². The van der Waals surface area contributed by atoms with Crippen molar-refractivity contribution in [3.63, 3.8) is 0 Å². The van der Waals surface area contributed by atoms with Crippen LogP contribution in [-0.4, -0.2) is 22.8 Å². The van der Waals surface area contributed by atoms with Crippen LogP contribution in [0.4, 0.5) is 0 Å². The molecule has 1 aromatic heterocycles. The van der Waals surface area contributed by atoms with Gasteiger partial charge in [0.05, 0.1) is 0 Å². The fraction of sp³-hybridized carbons (Fsp3) is 0.429. The average molecular weight is 294 g/mol. The van der Waals surface area contributed by atoms with E-state index in [9.17, 15) is 0 Å². The van der Waals surface area contributed by atoms with E-state index in [0.29, 0.717) is 0 Å². The van der Waals surface area contributed by atoms with Crippen LogP contribution in [0.5, 0.6) is 0 Å². The predicted molar refractivity (Wildman–Crippen MR) is 79.8 cm³/mol. The lowest BCUT2D eigenvalue weighted by Crippen LogP contribution is -2.19. The Balaban J connectivity index is 1.68. The summed E-state index contributed by atoms with van der Waals surface area (Å²) in [6.07, 6.45) is 3.61. The maximum atomic E-state index is 5.97. The molecule has 3 nitrogen and oxygen atoms in total. The number of hydrogen-bond donors (Lipinski definition) is 1. The van der Waals surface area contributed by atoms with Crippen molar-refractivity contribution in [1.82, 2.24) is 15.5 Å². The Morgan fingerprint density at radius 3 is 2.95 bits per heavy atom. The summed E-state index contributed by atoms with van der Waals surface area (Å²) in [5, 5.41) is 14.9. The second-order valence-corrected chi connectivity index (χ2v) is 6.44. The Kier molecular flexibility index (Phi) is 3.82. The van der Waals surface area contributed by atoms with Crippen molar-refractivity contribution in [3.8, 4) is 10.6 Å². The molecule has 1 N–H and O–H groups in total. The average Bonchev–Trinajstić information content (AvgIpc) is 3.07. The lowest BCUT2D eigenvalue weighted by Gasteiger charge is -2.01. The van der Waals surface area contributed by atoms with Crippen molar-refractivity contribution in [2.24, 2.45) is 0 Å². The zero-order chi connectivity index (χ0) is 13.2. The Hall–Kier alpha value is -0.970. The molecule has 100 valence electrons. The third kappa shape index (κ3) is 3.32. The second kappa shape index (κ2) is 5.57. The van der Waals surface area contributed by atoms with Crippen LogP contribution in [0.15, 0.2) is 18.2 Å². The molecule has 1 saturated carbocycles. The first-order valence-electron chi connectivity index (χ1n) is 6.54. The molecule has 0 unspecified atom stereocenters. The SMILES string of the molecule is Cc1cc(Cl)ccc1-c1nnc(CCNC2CC2)s1. The first-order chi connectivity index (χ1) is 9.22. The van der Waals surface area contributed by atoms with Crippen LogP contribution in [0, 0.1) is 6.92 Å². The van der Waals surface area contributed by atoms with E-state index in [1.54, 1.807) is 11.3 Å². The summed E-state index contributed by atoms with van der Waals surface area (Å²) >= 11 is 7.65. The molecule has 2 aromatic rings. The molecular weight excluding hydrogens is 278 g/mol. The number of rotatable bonds is 5. The lowest BCUT2D eigenvalue weighted by atomic mass is 10.1. The summed E-state index contributed by atoms with van der Waals surface area (Å²) in [7, 11) is 0. The number of halogens is 1. The number of hydrogen-bond acceptors (Lipinski definition) is 4. The Morgan fingerprint density at radius 2 is 2.21 bits per heavy atom. The summed E-state index contributed by atoms with van der Waals surface area (Å²) in [6, 6.07) is 6.64. The predicted octanol–water partition coefficient (Wildman–Crippen LogP) is 3.46. The van der Waals surface area contributed by atoms with Crippen LogP contribution in [0.25, 0.3) is 10.6 Å². The minimum Gasteiger partial charge on any atom is -0.314 e. The molecule has 3 rings (SSSR count). The molecular formula is C14H16ClN3S. The van der Waals surface area contributed by atoms with E-state index in [-0.39, 0.29) is 0 Å². The van der Waals surface area contributed by atoms with E-state index in [0.717, 1.165) is 45.2 Å². The van der Waals surface area contributed by atoms with Gasteiger partial charge in [0.2, 0.25) is 0 Å². The molecule has 0 amide bonds. The molecule has 0 aliphatic heterocycles. The van der Waals surface area contributed by atoms with Crippen molar-refractivity contribution in [3.05, 3.63) is 33.8 Å². The van der Waals surface area contributed by atoms with E-state index in [4.69, 9.17) is 11.6 Å². The van der Waals surface area contributed by atoms with Crippen molar-refractivity contribution in [2.45, 2.75) is 32.2 Å². The molecule has 0 radical (unpaired) electrons. The quantitative estimate of drug-likeness (QED) is 0.917. The number of nitrogens with one attached hydrogen (secondary N) is 1. The summed E-state index contributed by atoms with van der Waals surface area (Å²) in [5.74, 6) is 0. The van der Waals surface area contributed by atoms with Gasteiger partial charge in [0.1, 0.15) is 10.0 Å². The molecule has 1 heterocycles. The standard InChI is InChI=1S/C14H16ClN3S/c1-9-8-10(15)2-5-12(9)14-18-17-13(19-14)6-7-16-11-3-4-11/h2,5,8,11,16H,3-4,6-7H2,1H3. The summed E-state index contributed by atoms with van der Waals surface area (Å²) < 4.78 is 0. The van der Waals surface area contributed by atoms with Crippen LogP contribution in [-0.2, 0) is 6.42 Å². The van der Waals surface area contributed by atoms with Gasteiger partial charge in [0, 0.05) is 29.6 Å². The molecule has 1 aliphatic rings. The third-order valence-corrected chi connectivity index (χ3v) is 4.49. The van der Waals surface area contributed by atoms with Gasteiger partial charge in [-0.05, 0) is 37.5 Å². The number of nitrogens with zero attached hydrogens (tertiary/aromatic N) is 2. The molecule has 0 atom stereocenters. The molecule has 0 spiro atoms. The van der Waals surface area contributed by atoms with Crippen LogP contribution in [0.2, 0.25) is 5.02 Å². The Morgan fingerprint density at radius 1 is 1.37 bits per heavy atom. The molecule has 0 bridgehead atoms. The first-order valence-corrected chi connectivity index (χ1v) is 7.74. The highest BCUT2D eigenvalue weighted by molar-refractivity contribution is 7.14. The normalized spacial score (nSPS) is 14.8. The van der Waals surface area contributed by atoms with Crippen molar-refractivity contribution in [1.29, 1.82) is 0 Å². The van der Waals surface area contributed by atoms with Crippen LogP contribution in [0.3, 0.4) is 0 Å². The highest BCUT2D eigenvalue weighted by Gasteiger charge is 2.20. The Labute approximate surface area is 122 Å². The Bertz CT molecular complexity index is 578. The largest absolute Gasteiger partial charge is 0.314 e. The van der Waals surface area contributed by atoms with Gasteiger partial charge in [-0.1, -0.05) is 29.0 Å². The van der Waals surface area contributed by atoms with E-state index in [1.807, 2.05) is 18.2 Å². The number of aromatic nitrogens is 2. The van der Waals surface area contributed by atoms with Gasteiger partial charge < -0.3 is 5.32 Å². The van der Waals surface area contributed by atoms with Crippen LogP contribution in [0.1, 0.15) is 23.4 Å². The van der Waals surface area contributed by atoms with Gasteiger partial charge in [0.25, 0.3) is 0 Å². The van der Waals surface area contributed by atoms with Gasteiger partial charge in [0.15, 0.2) is 0 Å². The van der Waals surface area contributed by atoms with E-state index < -0.39 is 0 Å². The monoisotopic (exact) mass is 293 g/mol. The molecule has 1 aromatic carbocycles. The fourth-order valence-corrected chi connectivity index (χ4v) is 3.16. The van der Waals surface area contributed by atoms with E-state index >= 15 is 0 Å². The highest BCUT2D eigenvalue weighted by Crippen LogP contribution is 2.28. The minimum atomic E-state index is 0.755. The summed E-state index contributed by atoms with van der Waals surface area (Å²) in [5.41, 5.74) is 2.27. The summed E-state index contributed by atoms with van der Waals surface area (Å²) in [4.78, 5) is 0.